The summed E-state index contributed by atoms with van der Waals surface area (Å²) in [7, 11) is 3.56. The molecule has 0 saturated carbocycles. The van der Waals surface area contributed by atoms with Gasteiger partial charge in [-0.1, -0.05) is 0 Å². The molecule has 1 aliphatic rings. The Labute approximate surface area is 109 Å². The smallest absolute Gasteiger partial charge is 0.232 e. The van der Waals surface area contributed by atoms with E-state index in [0.717, 1.165) is 30.5 Å². The van der Waals surface area contributed by atoms with Gasteiger partial charge in [0.15, 0.2) is 0 Å². The number of methoxy groups -OCH3 is 1. The third-order valence-electron chi connectivity index (χ3n) is 2.74. The standard InChI is InChI=1S/C11H16BrN3O2/c1-15(7-8-4-3-5-17-8)11-13-6-9(12)10(14-11)16-2/h6,8H,3-5,7H2,1-2H3. The van der Waals surface area contributed by atoms with Crippen molar-refractivity contribution in [3.8, 4) is 5.88 Å². The van der Waals surface area contributed by atoms with Crippen LogP contribution in [0.5, 0.6) is 5.88 Å². The molecule has 0 radical (unpaired) electrons. The SMILES string of the molecule is COc1nc(N(C)CC2CCCO2)ncc1Br. The molecule has 94 valence electrons. The predicted octanol–water partition coefficient (Wildman–Crippen LogP) is 1.86. The first-order valence-electron chi connectivity index (χ1n) is 5.60. The molecule has 2 heterocycles. The van der Waals surface area contributed by atoms with Gasteiger partial charge in [0.1, 0.15) is 0 Å². The van der Waals surface area contributed by atoms with Gasteiger partial charge in [-0.05, 0) is 28.8 Å². The zero-order chi connectivity index (χ0) is 12.3. The van der Waals surface area contributed by atoms with Crippen molar-refractivity contribution in [2.45, 2.75) is 18.9 Å². The van der Waals surface area contributed by atoms with Crippen molar-refractivity contribution in [1.29, 1.82) is 0 Å². The summed E-state index contributed by atoms with van der Waals surface area (Å²) >= 11 is 3.33. The first kappa shape index (κ1) is 12.6. The number of rotatable bonds is 4. The molecule has 17 heavy (non-hydrogen) atoms. The highest BCUT2D eigenvalue weighted by Gasteiger charge is 2.19. The quantitative estimate of drug-likeness (QED) is 0.849. The Morgan fingerprint density at radius 3 is 3.12 bits per heavy atom. The number of nitrogens with zero attached hydrogens (tertiary/aromatic N) is 3. The lowest BCUT2D eigenvalue weighted by Gasteiger charge is -2.20. The zero-order valence-electron chi connectivity index (χ0n) is 10.0. The third kappa shape index (κ3) is 3.07. The molecule has 6 heteroatoms. The van der Waals surface area contributed by atoms with Crippen LogP contribution < -0.4 is 9.64 Å². The van der Waals surface area contributed by atoms with Gasteiger partial charge >= 0.3 is 0 Å². The number of halogens is 1. The van der Waals surface area contributed by atoms with E-state index in [-0.39, 0.29) is 0 Å². The molecule has 5 nitrogen and oxygen atoms in total. The fourth-order valence-electron chi connectivity index (χ4n) is 1.85. The minimum absolute atomic E-state index is 0.290. The molecule has 2 rings (SSSR count). The number of ether oxygens (including phenoxy) is 2. The summed E-state index contributed by atoms with van der Waals surface area (Å²) < 4.78 is 11.5. The van der Waals surface area contributed by atoms with Crippen molar-refractivity contribution >= 4 is 21.9 Å². The van der Waals surface area contributed by atoms with Gasteiger partial charge in [-0.2, -0.15) is 4.98 Å². The first-order valence-corrected chi connectivity index (χ1v) is 6.39. The van der Waals surface area contributed by atoms with Crippen LogP contribution in [0.3, 0.4) is 0 Å². The van der Waals surface area contributed by atoms with Gasteiger partial charge in [-0.25, -0.2) is 4.98 Å². The lowest BCUT2D eigenvalue weighted by atomic mass is 10.2. The van der Waals surface area contributed by atoms with Crippen LogP contribution in [0.4, 0.5) is 5.95 Å². The van der Waals surface area contributed by atoms with Gasteiger partial charge < -0.3 is 14.4 Å². The molecular weight excluding hydrogens is 286 g/mol. The van der Waals surface area contributed by atoms with E-state index < -0.39 is 0 Å². The normalized spacial score (nSPS) is 19.4. The average molecular weight is 302 g/mol. The molecule has 1 aliphatic heterocycles. The lowest BCUT2D eigenvalue weighted by Crippen LogP contribution is -2.29. The maximum Gasteiger partial charge on any atom is 0.232 e. The van der Waals surface area contributed by atoms with Crippen molar-refractivity contribution in [2.24, 2.45) is 0 Å². The molecule has 0 spiro atoms. The van der Waals surface area contributed by atoms with Gasteiger partial charge in [0.2, 0.25) is 11.8 Å². The van der Waals surface area contributed by atoms with Crippen LogP contribution in [-0.2, 0) is 4.74 Å². The zero-order valence-corrected chi connectivity index (χ0v) is 11.6. The van der Waals surface area contributed by atoms with E-state index in [9.17, 15) is 0 Å². The molecule has 0 bridgehead atoms. The van der Waals surface area contributed by atoms with Crippen LogP contribution in [0.25, 0.3) is 0 Å². The van der Waals surface area contributed by atoms with E-state index in [2.05, 4.69) is 25.9 Å². The summed E-state index contributed by atoms with van der Waals surface area (Å²) in [6, 6.07) is 0. The third-order valence-corrected chi connectivity index (χ3v) is 3.28. The van der Waals surface area contributed by atoms with Gasteiger partial charge in [0, 0.05) is 20.2 Å². The number of hydrogen-bond donors (Lipinski definition) is 0. The van der Waals surface area contributed by atoms with Gasteiger partial charge in [0.05, 0.1) is 23.9 Å². The molecule has 0 N–H and O–H groups in total. The number of anilines is 1. The fourth-order valence-corrected chi connectivity index (χ4v) is 2.20. The van der Waals surface area contributed by atoms with Crippen LogP contribution in [-0.4, -0.2) is 43.4 Å². The molecule has 1 aromatic rings. The van der Waals surface area contributed by atoms with Crippen molar-refractivity contribution in [3.63, 3.8) is 0 Å². The second kappa shape index (κ2) is 5.64. The topological polar surface area (TPSA) is 47.5 Å². The van der Waals surface area contributed by atoms with E-state index in [1.165, 1.54) is 0 Å². The molecule has 1 atom stereocenters. The minimum Gasteiger partial charge on any atom is -0.480 e. The van der Waals surface area contributed by atoms with Crippen molar-refractivity contribution in [2.75, 3.05) is 32.2 Å². The highest BCUT2D eigenvalue weighted by Crippen LogP contribution is 2.23. The van der Waals surface area contributed by atoms with Crippen LogP contribution >= 0.6 is 15.9 Å². The highest BCUT2D eigenvalue weighted by molar-refractivity contribution is 9.10. The Morgan fingerprint density at radius 1 is 1.65 bits per heavy atom. The van der Waals surface area contributed by atoms with Crippen LogP contribution in [0.15, 0.2) is 10.7 Å². The number of aromatic nitrogens is 2. The molecule has 1 unspecified atom stereocenters. The predicted molar refractivity (Wildman–Crippen MR) is 68.5 cm³/mol. The first-order chi connectivity index (χ1) is 8.20. The summed E-state index contributed by atoms with van der Waals surface area (Å²) in [4.78, 5) is 10.6. The van der Waals surface area contributed by atoms with Crippen LogP contribution in [0.2, 0.25) is 0 Å². The van der Waals surface area contributed by atoms with Gasteiger partial charge in [0.25, 0.3) is 0 Å². The summed E-state index contributed by atoms with van der Waals surface area (Å²) in [6.07, 6.45) is 4.24. The van der Waals surface area contributed by atoms with E-state index >= 15 is 0 Å². The molecule has 1 fully saturated rings. The minimum atomic E-state index is 0.290. The Kier molecular flexibility index (Phi) is 4.17. The summed E-state index contributed by atoms with van der Waals surface area (Å²) in [5.41, 5.74) is 0. The molecule has 0 aliphatic carbocycles. The van der Waals surface area contributed by atoms with Gasteiger partial charge in [-0.15, -0.1) is 0 Å². The summed E-state index contributed by atoms with van der Waals surface area (Å²) in [6.45, 7) is 1.67. The van der Waals surface area contributed by atoms with Crippen molar-refractivity contribution in [3.05, 3.63) is 10.7 Å². The van der Waals surface area contributed by atoms with Crippen LogP contribution in [0.1, 0.15) is 12.8 Å². The van der Waals surface area contributed by atoms with Gasteiger partial charge in [-0.3, -0.25) is 0 Å². The molecular formula is C11H16BrN3O2. The number of likely N-dealkylation sites (N-methyl/N-ethyl adjacent to an activating group) is 1. The van der Waals surface area contributed by atoms with E-state index in [1.807, 2.05) is 11.9 Å². The Bertz CT molecular complexity index is 383. The van der Waals surface area contributed by atoms with Crippen LogP contribution in [0, 0.1) is 0 Å². The van der Waals surface area contributed by atoms with E-state index in [1.54, 1.807) is 13.3 Å². The summed E-state index contributed by atoms with van der Waals surface area (Å²) in [5.74, 6) is 1.20. The lowest BCUT2D eigenvalue weighted by molar-refractivity contribution is 0.116. The highest BCUT2D eigenvalue weighted by atomic mass is 79.9. The molecule has 1 saturated heterocycles. The van der Waals surface area contributed by atoms with Crippen molar-refractivity contribution in [1.82, 2.24) is 9.97 Å². The maximum absolute atomic E-state index is 5.59. The summed E-state index contributed by atoms with van der Waals surface area (Å²) in [5, 5.41) is 0. The second-order valence-electron chi connectivity index (χ2n) is 4.04. The van der Waals surface area contributed by atoms with Crippen molar-refractivity contribution < 1.29 is 9.47 Å². The molecule has 1 aromatic heterocycles. The monoisotopic (exact) mass is 301 g/mol. The average Bonchev–Trinajstić information content (AvgIpc) is 2.82. The second-order valence-corrected chi connectivity index (χ2v) is 4.90. The molecule has 0 aromatic carbocycles. The number of hydrogen-bond acceptors (Lipinski definition) is 5. The van der Waals surface area contributed by atoms with E-state index in [0.29, 0.717) is 17.9 Å². The Hall–Kier alpha value is -0.880. The van der Waals surface area contributed by atoms with E-state index in [4.69, 9.17) is 9.47 Å². The maximum atomic E-state index is 5.59. The Morgan fingerprint density at radius 2 is 2.47 bits per heavy atom. The largest absolute Gasteiger partial charge is 0.480 e. The fraction of sp³-hybridized carbons (Fsp3) is 0.636. The molecule has 0 amide bonds. The Balaban J connectivity index is 2.04.